The molecule has 3 rings (SSSR count). The van der Waals surface area contributed by atoms with Crippen LogP contribution < -0.4 is 10.6 Å². The first-order chi connectivity index (χ1) is 10.3. The second kappa shape index (κ2) is 6.64. The number of hydrogen-bond donors (Lipinski definition) is 1. The minimum absolute atomic E-state index is 0.593. The van der Waals surface area contributed by atoms with Crippen LogP contribution in [0.1, 0.15) is 0 Å². The van der Waals surface area contributed by atoms with Crippen LogP contribution >= 0.6 is 23.1 Å². The maximum Gasteiger partial charge on any atom is 0.210 e. The molecule has 0 fully saturated rings. The van der Waals surface area contributed by atoms with Crippen molar-refractivity contribution < 1.29 is 4.74 Å². The number of nitrogen functional groups attached to an aromatic ring is 1. The van der Waals surface area contributed by atoms with Gasteiger partial charge < -0.3 is 10.6 Å². The number of ether oxygens (including phenoxy) is 1. The van der Waals surface area contributed by atoms with Crippen LogP contribution in [0.25, 0.3) is 10.7 Å². The Hall–Kier alpha value is -1.99. The van der Waals surface area contributed by atoms with Gasteiger partial charge in [0, 0.05) is 5.75 Å². The Morgan fingerprint density at radius 3 is 2.76 bits per heavy atom. The Morgan fingerprint density at radius 1 is 1.14 bits per heavy atom. The average Bonchev–Trinajstić information content (AvgIpc) is 3.15. The molecule has 0 aliphatic carbocycles. The third-order valence-corrected chi connectivity index (χ3v) is 4.51. The Bertz CT molecular complexity index is 682. The first-order valence-corrected chi connectivity index (χ1v) is 8.26. The zero-order chi connectivity index (χ0) is 14.5. The number of nitrogens with two attached hydrogens (primary N) is 1. The van der Waals surface area contributed by atoms with E-state index in [1.54, 1.807) is 11.3 Å². The van der Waals surface area contributed by atoms with Gasteiger partial charge in [-0.25, -0.2) is 4.68 Å². The lowest BCUT2D eigenvalue weighted by molar-refractivity contribution is 0.344. The normalized spacial score (nSPS) is 10.7. The van der Waals surface area contributed by atoms with Crippen LogP contribution in [-0.4, -0.2) is 27.2 Å². The number of aromatic nitrogens is 3. The predicted molar refractivity (Wildman–Crippen MR) is 86.1 cm³/mol. The fourth-order valence-electron chi connectivity index (χ4n) is 1.76. The van der Waals surface area contributed by atoms with Gasteiger partial charge in [0.1, 0.15) is 5.75 Å². The zero-order valence-corrected chi connectivity index (χ0v) is 12.8. The Morgan fingerprint density at radius 2 is 2.00 bits per heavy atom. The zero-order valence-electron chi connectivity index (χ0n) is 11.2. The van der Waals surface area contributed by atoms with E-state index in [9.17, 15) is 0 Å². The summed E-state index contributed by atoms with van der Waals surface area (Å²) in [6.45, 7) is 0.593. The quantitative estimate of drug-likeness (QED) is 0.430. The van der Waals surface area contributed by atoms with Gasteiger partial charge in [0.25, 0.3) is 0 Å². The average molecular weight is 318 g/mol. The molecular formula is C14H14N4OS2. The van der Waals surface area contributed by atoms with Crippen LogP contribution in [0.3, 0.4) is 0 Å². The maximum atomic E-state index is 6.02. The first-order valence-electron chi connectivity index (χ1n) is 6.39. The standard InChI is InChI=1S/C14H14N4OS2/c15-18-13(12-7-4-9-20-12)16-17-14(18)21-10-8-19-11-5-2-1-3-6-11/h1-7,9H,8,10,15H2. The van der Waals surface area contributed by atoms with Gasteiger partial charge in [0.2, 0.25) is 5.16 Å². The van der Waals surface area contributed by atoms with E-state index >= 15 is 0 Å². The first kappa shape index (κ1) is 14.0. The molecule has 0 aliphatic rings. The monoisotopic (exact) mass is 318 g/mol. The summed E-state index contributed by atoms with van der Waals surface area (Å²) < 4.78 is 7.16. The van der Waals surface area contributed by atoms with Crippen LogP contribution in [0, 0.1) is 0 Å². The molecule has 5 nitrogen and oxygen atoms in total. The Balaban J connectivity index is 1.54. The van der Waals surface area contributed by atoms with Crippen molar-refractivity contribution in [2.45, 2.75) is 5.16 Å². The second-order valence-electron chi connectivity index (χ2n) is 4.16. The van der Waals surface area contributed by atoms with Crippen molar-refractivity contribution in [2.75, 3.05) is 18.2 Å². The second-order valence-corrected chi connectivity index (χ2v) is 6.17. The van der Waals surface area contributed by atoms with E-state index in [2.05, 4.69) is 10.2 Å². The molecule has 7 heteroatoms. The molecule has 108 valence electrons. The molecule has 2 aromatic heterocycles. The summed E-state index contributed by atoms with van der Waals surface area (Å²) in [5.41, 5.74) is 0. The number of thiophene rings is 1. The van der Waals surface area contributed by atoms with Gasteiger partial charge in [-0.3, -0.25) is 0 Å². The third-order valence-electron chi connectivity index (χ3n) is 2.73. The Labute approximate surface area is 130 Å². The number of benzene rings is 1. The summed E-state index contributed by atoms with van der Waals surface area (Å²) in [5, 5.41) is 10.9. The summed E-state index contributed by atoms with van der Waals surface area (Å²) in [6.07, 6.45) is 0. The molecule has 0 amide bonds. The van der Waals surface area contributed by atoms with Gasteiger partial charge in [-0.15, -0.1) is 21.5 Å². The molecule has 2 N–H and O–H groups in total. The van der Waals surface area contributed by atoms with Crippen LogP contribution in [0.4, 0.5) is 0 Å². The molecule has 0 radical (unpaired) electrons. The molecule has 0 spiro atoms. The van der Waals surface area contributed by atoms with Crippen molar-refractivity contribution in [2.24, 2.45) is 0 Å². The molecular weight excluding hydrogens is 304 g/mol. The molecule has 0 unspecified atom stereocenters. The molecule has 0 atom stereocenters. The number of rotatable bonds is 6. The largest absolute Gasteiger partial charge is 0.493 e. The van der Waals surface area contributed by atoms with Crippen molar-refractivity contribution >= 4 is 23.1 Å². The van der Waals surface area contributed by atoms with E-state index in [1.807, 2.05) is 47.8 Å². The fraction of sp³-hybridized carbons (Fsp3) is 0.143. The van der Waals surface area contributed by atoms with Gasteiger partial charge in [-0.1, -0.05) is 36.0 Å². The highest BCUT2D eigenvalue weighted by Gasteiger charge is 2.12. The summed E-state index contributed by atoms with van der Waals surface area (Å²) in [7, 11) is 0. The molecule has 2 heterocycles. The van der Waals surface area contributed by atoms with Crippen LogP contribution in [0.5, 0.6) is 5.75 Å². The highest BCUT2D eigenvalue weighted by atomic mass is 32.2. The van der Waals surface area contributed by atoms with E-state index in [0.29, 0.717) is 17.6 Å². The summed E-state index contributed by atoms with van der Waals surface area (Å²) in [5.74, 6) is 8.34. The number of para-hydroxylation sites is 1. The lowest BCUT2D eigenvalue weighted by Crippen LogP contribution is -2.12. The van der Waals surface area contributed by atoms with Gasteiger partial charge in [0.05, 0.1) is 11.5 Å². The van der Waals surface area contributed by atoms with Crippen molar-refractivity contribution in [1.29, 1.82) is 0 Å². The number of nitrogens with zero attached hydrogens (tertiary/aromatic N) is 3. The van der Waals surface area contributed by atoms with Gasteiger partial charge in [-0.05, 0) is 23.6 Å². The van der Waals surface area contributed by atoms with Crippen LogP contribution in [-0.2, 0) is 0 Å². The van der Waals surface area contributed by atoms with Crippen LogP contribution in [0.2, 0.25) is 0 Å². The van der Waals surface area contributed by atoms with E-state index in [1.165, 1.54) is 16.4 Å². The fourth-order valence-corrected chi connectivity index (χ4v) is 3.14. The Kier molecular flexibility index (Phi) is 4.42. The van der Waals surface area contributed by atoms with E-state index in [-0.39, 0.29) is 0 Å². The highest BCUT2D eigenvalue weighted by molar-refractivity contribution is 7.99. The van der Waals surface area contributed by atoms with Crippen LogP contribution in [0.15, 0.2) is 53.0 Å². The molecule has 0 saturated heterocycles. The number of thioether (sulfide) groups is 1. The van der Waals surface area contributed by atoms with Crippen molar-refractivity contribution in [3.63, 3.8) is 0 Å². The molecule has 0 aliphatic heterocycles. The molecule has 21 heavy (non-hydrogen) atoms. The lowest BCUT2D eigenvalue weighted by atomic mass is 10.3. The van der Waals surface area contributed by atoms with Gasteiger partial charge >= 0.3 is 0 Å². The van der Waals surface area contributed by atoms with Gasteiger partial charge in [0.15, 0.2) is 5.82 Å². The summed E-state index contributed by atoms with van der Waals surface area (Å²) in [4.78, 5) is 1.01. The number of hydrogen-bond acceptors (Lipinski definition) is 6. The third kappa shape index (κ3) is 3.37. The predicted octanol–water partition coefficient (Wildman–Crippen LogP) is 2.89. The highest BCUT2D eigenvalue weighted by Crippen LogP contribution is 2.25. The molecule has 0 bridgehead atoms. The SMILES string of the molecule is Nn1c(SCCOc2ccccc2)nnc1-c1cccs1. The van der Waals surface area contributed by atoms with Crippen molar-refractivity contribution in [3.05, 3.63) is 47.8 Å². The van der Waals surface area contributed by atoms with E-state index in [4.69, 9.17) is 10.6 Å². The molecule has 0 saturated carbocycles. The minimum Gasteiger partial charge on any atom is -0.493 e. The minimum atomic E-state index is 0.593. The van der Waals surface area contributed by atoms with Crippen molar-refractivity contribution in [3.8, 4) is 16.5 Å². The lowest BCUT2D eigenvalue weighted by Gasteiger charge is -2.05. The summed E-state index contributed by atoms with van der Waals surface area (Å²) in [6, 6.07) is 13.7. The van der Waals surface area contributed by atoms with E-state index in [0.717, 1.165) is 16.4 Å². The van der Waals surface area contributed by atoms with E-state index < -0.39 is 0 Å². The molecule has 3 aromatic rings. The maximum absolute atomic E-state index is 6.02. The summed E-state index contributed by atoms with van der Waals surface area (Å²) >= 11 is 3.12. The topological polar surface area (TPSA) is 66.0 Å². The molecule has 1 aromatic carbocycles. The van der Waals surface area contributed by atoms with Crippen molar-refractivity contribution in [1.82, 2.24) is 14.9 Å². The smallest absolute Gasteiger partial charge is 0.210 e. The van der Waals surface area contributed by atoms with Gasteiger partial charge in [-0.2, -0.15) is 0 Å².